The Morgan fingerprint density at radius 1 is 1.15 bits per heavy atom. The number of ether oxygens (including phenoxy) is 2. The second-order valence-corrected chi connectivity index (χ2v) is 5.13. The molecule has 0 aromatic heterocycles. The van der Waals surface area contributed by atoms with Gasteiger partial charge in [0.2, 0.25) is 0 Å². The van der Waals surface area contributed by atoms with Gasteiger partial charge in [-0.05, 0) is 30.3 Å². The molecule has 0 unspecified atom stereocenters. The van der Waals surface area contributed by atoms with E-state index in [1.807, 2.05) is 12.1 Å². The summed E-state index contributed by atoms with van der Waals surface area (Å²) < 4.78 is 24.5. The second kappa shape index (κ2) is 6.95. The van der Waals surface area contributed by atoms with Crippen molar-refractivity contribution in [3.8, 4) is 11.5 Å². The third-order valence-corrected chi connectivity index (χ3v) is 3.65. The van der Waals surface area contributed by atoms with E-state index in [2.05, 4.69) is 15.9 Å². The molecule has 2 rings (SSSR count). The summed E-state index contributed by atoms with van der Waals surface area (Å²) >= 11 is 9.11. The molecule has 0 amide bonds. The molecule has 0 aliphatic heterocycles. The summed E-state index contributed by atoms with van der Waals surface area (Å²) in [6.45, 7) is 0.148. The summed E-state index contributed by atoms with van der Waals surface area (Å²) in [6.07, 6.45) is 0. The Morgan fingerprint density at radius 3 is 2.60 bits per heavy atom. The minimum atomic E-state index is -0.369. The van der Waals surface area contributed by atoms with Crippen LogP contribution in [0.2, 0.25) is 5.02 Å². The Bertz CT molecular complexity index is 604. The van der Waals surface area contributed by atoms with Gasteiger partial charge >= 0.3 is 0 Å². The zero-order chi connectivity index (χ0) is 14.5. The van der Waals surface area contributed by atoms with Crippen LogP contribution < -0.4 is 9.47 Å². The van der Waals surface area contributed by atoms with Gasteiger partial charge < -0.3 is 9.47 Å². The molecule has 0 fully saturated rings. The van der Waals surface area contributed by atoms with Crippen molar-refractivity contribution in [2.24, 2.45) is 0 Å². The van der Waals surface area contributed by atoms with Crippen LogP contribution in [0.1, 0.15) is 11.1 Å². The zero-order valence-corrected chi connectivity index (χ0v) is 13.2. The fourth-order valence-electron chi connectivity index (χ4n) is 1.72. The van der Waals surface area contributed by atoms with Crippen LogP contribution in [0, 0.1) is 5.82 Å². The largest absolute Gasteiger partial charge is 0.497 e. The van der Waals surface area contributed by atoms with Crippen LogP contribution in [0.4, 0.5) is 4.39 Å². The van der Waals surface area contributed by atoms with Crippen molar-refractivity contribution in [1.29, 1.82) is 0 Å². The molecular weight excluding hydrogens is 347 g/mol. The van der Waals surface area contributed by atoms with Gasteiger partial charge in [-0.25, -0.2) is 4.39 Å². The van der Waals surface area contributed by atoms with E-state index in [4.69, 9.17) is 21.1 Å². The maximum absolute atomic E-state index is 13.7. The molecule has 5 heteroatoms. The van der Waals surface area contributed by atoms with E-state index < -0.39 is 0 Å². The third-order valence-electron chi connectivity index (χ3n) is 2.81. The Morgan fingerprint density at radius 2 is 1.95 bits per heavy atom. The van der Waals surface area contributed by atoms with Gasteiger partial charge in [-0.3, -0.25) is 0 Å². The first-order valence-corrected chi connectivity index (χ1v) is 7.43. The molecule has 0 radical (unpaired) electrons. The van der Waals surface area contributed by atoms with Gasteiger partial charge in [0.25, 0.3) is 0 Å². The predicted octanol–water partition coefficient (Wildman–Crippen LogP) is 4.96. The van der Waals surface area contributed by atoms with Gasteiger partial charge in [0.15, 0.2) is 0 Å². The number of halogens is 3. The Kier molecular flexibility index (Phi) is 5.26. The molecule has 2 nitrogen and oxygen atoms in total. The summed E-state index contributed by atoms with van der Waals surface area (Å²) in [6, 6.07) is 10.0. The molecule has 2 aromatic rings. The summed E-state index contributed by atoms with van der Waals surface area (Å²) in [5, 5.41) is 1.000. The molecule has 0 heterocycles. The molecule has 0 N–H and O–H groups in total. The lowest BCUT2D eigenvalue weighted by atomic mass is 10.2. The van der Waals surface area contributed by atoms with Gasteiger partial charge in [-0.1, -0.05) is 33.6 Å². The van der Waals surface area contributed by atoms with Crippen molar-refractivity contribution in [1.82, 2.24) is 0 Å². The van der Waals surface area contributed by atoms with Crippen LogP contribution in [-0.4, -0.2) is 7.11 Å². The van der Waals surface area contributed by atoms with E-state index in [1.165, 1.54) is 6.07 Å². The number of rotatable bonds is 5. The summed E-state index contributed by atoms with van der Waals surface area (Å²) in [4.78, 5) is 0. The lowest BCUT2D eigenvalue weighted by Crippen LogP contribution is -2.00. The molecule has 0 atom stereocenters. The summed E-state index contributed by atoms with van der Waals surface area (Å²) in [5.74, 6) is 1.08. The average molecular weight is 360 g/mol. The first kappa shape index (κ1) is 15.1. The topological polar surface area (TPSA) is 18.5 Å². The average Bonchev–Trinajstić information content (AvgIpc) is 2.46. The normalized spacial score (nSPS) is 10.4. The molecule has 0 saturated heterocycles. The molecule has 0 saturated carbocycles. The predicted molar refractivity (Wildman–Crippen MR) is 81.4 cm³/mol. The highest BCUT2D eigenvalue weighted by Crippen LogP contribution is 2.27. The van der Waals surface area contributed by atoms with Crippen LogP contribution >= 0.6 is 27.5 Å². The monoisotopic (exact) mass is 358 g/mol. The van der Waals surface area contributed by atoms with Crippen molar-refractivity contribution in [2.75, 3.05) is 7.11 Å². The Balaban J connectivity index is 2.14. The van der Waals surface area contributed by atoms with Crippen molar-refractivity contribution in [3.63, 3.8) is 0 Å². The van der Waals surface area contributed by atoms with E-state index in [1.54, 1.807) is 25.3 Å². The van der Waals surface area contributed by atoms with Crippen LogP contribution in [0.25, 0.3) is 0 Å². The fourth-order valence-corrected chi connectivity index (χ4v) is 2.32. The summed E-state index contributed by atoms with van der Waals surface area (Å²) in [7, 11) is 1.61. The first-order chi connectivity index (χ1) is 9.63. The summed E-state index contributed by atoms with van der Waals surface area (Å²) in [5.41, 5.74) is 1.41. The van der Waals surface area contributed by atoms with E-state index in [-0.39, 0.29) is 12.4 Å². The molecular formula is C15H13BrClFO2. The number of benzene rings is 2. The molecule has 0 aliphatic rings. The van der Waals surface area contributed by atoms with Gasteiger partial charge in [0, 0.05) is 21.5 Å². The van der Waals surface area contributed by atoms with Crippen LogP contribution in [0.3, 0.4) is 0 Å². The minimum absolute atomic E-state index is 0.148. The molecule has 2 aromatic carbocycles. The standard InChI is InChI=1S/C15H13BrClFO2/c1-19-13-4-5-15(11(6-13)8-16)20-9-10-2-3-12(17)7-14(10)18/h2-7H,8-9H2,1H3. The van der Waals surface area contributed by atoms with Crippen LogP contribution in [-0.2, 0) is 11.9 Å². The maximum Gasteiger partial charge on any atom is 0.131 e. The molecule has 20 heavy (non-hydrogen) atoms. The van der Waals surface area contributed by atoms with Crippen molar-refractivity contribution < 1.29 is 13.9 Å². The van der Waals surface area contributed by atoms with Crippen LogP contribution in [0.5, 0.6) is 11.5 Å². The van der Waals surface area contributed by atoms with E-state index in [0.29, 0.717) is 21.7 Å². The Labute approximate surface area is 130 Å². The van der Waals surface area contributed by atoms with Gasteiger partial charge in [-0.15, -0.1) is 0 Å². The number of methoxy groups -OCH3 is 1. The lowest BCUT2D eigenvalue weighted by molar-refractivity contribution is 0.297. The SMILES string of the molecule is COc1ccc(OCc2ccc(Cl)cc2F)c(CBr)c1. The Hall–Kier alpha value is -1.26. The quantitative estimate of drug-likeness (QED) is 0.702. The maximum atomic E-state index is 13.7. The first-order valence-electron chi connectivity index (χ1n) is 5.93. The van der Waals surface area contributed by atoms with Gasteiger partial charge in [0.1, 0.15) is 23.9 Å². The minimum Gasteiger partial charge on any atom is -0.497 e. The van der Waals surface area contributed by atoms with Crippen molar-refractivity contribution in [3.05, 3.63) is 58.4 Å². The smallest absolute Gasteiger partial charge is 0.131 e. The lowest BCUT2D eigenvalue weighted by Gasteiger charge is -2.12. The van der Waals surface area contributed by atoms with Crippen LogP contribution in [0.15, 0.2) is 36.4 Å². The highest BCUT2D eigenvalue weighted by atomic mass is 79.9. The number of hydrogen-bond donors (Lipinski definition) is 0. The second-order valence-electron chi connectivity index (χ2n) is 4.13. The molecule has 106 valence electrons. The fraction of sp³-hybridized carbons (Fsp3) is 0.200. The molecule has 0 spiro atoms. The van der Waals surface area contributed by atoms with E-state index >= 15 is 0 Å². The number of alkyl halides is 1. The van der Waals surface area contributed by atoms with Gasteiger partial charge in [-0.2, -0.15) is 0 Å². The zero-order valence-electron chi connectivity index (χ0n) is 10.8. The van der Waals surface area contributed by atoms with Gasteiger partial charge in [0.05, 0.1) is 7.11 Å². The number of hydrogen-bond acceptors (Lipinski definition) is 2. The highest BCUT2D eigenvalue weighted by Gasteiger charge is 2.08. The molecule has 0 bridgehead atoms. The van der Waals surface area contributed by atoms with Crippen molar-refractivity contribution >= 4 is 27.5 Å². The molecule has 0 aliphatic carbocycles. The van der Waals surface area contributed by atoms with E-state index in [0.717, 1.165) is 11.3 Å². The third kappa shape index (κ3) is 3.64. The van der Waals surface area contributed by atoms with Crippen molar-refractivity contribution in [2.45, 2.75) is 11.9 Å². The van der Waals surface area contributed by atoms with E-state index in [9.17, 15) is 4.39 Å². The highest BCUT2D eigenvalue weighted by molar-refractivity contribution is 9.08.